The monoisotopic (exact) mass is 324 g/mol. The number of phenolic OH excluding ortho intramolecular Hbond substituents is 1. The highest BCUT2D eigenvalue weighted by atomic mass is 32.2. The molecule has 0 saturated heterocycles. The van der Waals surface area contributed by atoms with Crippen molar-refractivity contribution in [2.45, 2.75) is 11.8 Å². The topological polar surface area (TPSA) is 95.5 Å². The Kier molecular flexibility index (Phi) is 4.32. The molecule has 0 bridgehead atoms. The number of aromatic hydroxyl groups is 1. The molecule has 3 N–H and O–H groups in total. The molecule has 8 heteroatoms. The standard InChI is InChI=1S/C14H13FN2O4S/c1-9(18)16-14-8-12(5-6-13(14)15)22(20,21)17-10-3-2-4-11(19)7-10/h2-8,17,19H,1H3,(H,16,18). The summed E-state index contributed by atoms with van der Waals surface area (Å²) in [6, 6.07) is 8.59. The molecular weight excluding hydrogens is 311 g/mol. The quantitative estimate of drug-likeness (QED) is 0.804. The molecule has 2 rings (SSSR count). The Morgan fingerprint density at radius 2 is 1.91 bits per heavy atom. The van der Waals surface area contributed by atoms with Crippen LogP contribution in [0.4, 0.5) is 15.8 Å². The van der Waals surface area contributed by atoms with Crippen LogP contribution in [0, 0.1) is 5.82 Å². The maximum Gasteiger partial charge on any atom is 0.261 e. The van der Waals surface area contributed by atoms with Crippen LogP contribution < -0.4 is 10.0 Å². The number of carbonyl (C=O) groups is 1. The lowest BCUT2D eigenvalue weighted by molar-refractivity contribution is -0.114. The molecule has 6 nitrogen and oxygen atoms in total. The number of anilines is 2. The number of hydrogen-bond donors (Lipinski definition) is 3. The number of benzene rings is 2. The molecule has 2 aromatic carbocycles. The molecule has 0 aromatic heterocycles. The van der Waals surface area contributed by atoms with Crippen LogP contribution in [0.2, 0.25) is 0 Å². The second-order valence-electron chi connectivity index (χ2n) is 4.48. The van der Waals surface area contributed by atoms with Gasteiger partial charge in [0.05, 0.1) is 16.3 Å². The first-order valence-electron chi connectivity index (χ1n) is 6.17. The van der Waals surface area contributed by atoms with Gasteiger partial charge in [0.1, 0.15) is 11.6 Å². The first-order valence-corrected chi connectivity index (χ1v) is 7.65. The molecule has 0 aliphatic heterocycles. The van der Waals surface area contributed by atoms with Crippen molar-refractivity contribution in [2.24, 2.45) is 0 Å². The summed E-state index contributed by atoms with van der Waals surface area (Å²) in [5.74, 6) is -1.36. The van der Waals surface area contributed by atoms with Gasteiger partial charge in [-0.3, -0.25) is 9.52 Å². The Balaban J connectivity index is 2.35. The van der Waals surface area contributed by atoms with Crippen LogP contribution in [-0.2, 0) is 14.8 Å². The van der Waals surface area contributed by atoms with Gasteiger partial charge >= 0.3 is 0 Å². The van der Waals surface area contributed by atoms with E-state index in [1.54, 1.807) is 0 Å². The van der Waals surface area contributed by atoms with E-state index < -0.39 is 21.7 Å². The number of halogens is 1. The average molecular weight is 324 g/mol. The van der Waals surface area contributed by atoms with E-state index in [0.717, 1.165) is 18.2 Å². The van der Waals surface area contributed by atoms with Gasteiger partial charge in [-0.05, 0) is 30.3 Å². The fourth-order valence-electron chi connectivity index (χ4n) is 1.74. The molecule has 0 spiro atoms. The van der Waals surface area contributed by atoms with Crippen LogP contribution >= 0.6 is 0 Å². The summed E-state index contributed by atoms with van der Waals surface area (Å²) in [6.45, 7) is 1.19. The van der Waals surface area contributed by atoms with E-state index >= 15 is 0 Å². The molecule has 0 radical (unpaired) electrons. The molecule has 0 unspecified atom stereocenters. The first kappa shape index (κ1) is 15.8. The normalized spacial score (nSPS) is 11.0. The summed E-state index contributed by atoms with van der Waals surface area (Å²) >= 11 is 0. The van der Waals surface area contributed by atoms with Gasteiger partial charge in [0.2, 0.25) is 5.91 Å². The number of nitrogens with one attached hydrogen (secondary N) is 2. The van der Waals surface area contributed by atoms with Crippen LogP contribution in [0.1, 0.15) is 6.92 Å². The third-order valence-electron chi connectivity index (χ3n) is 2.66. The molecule has 0 atom stereocenters. The van der Waals surface area contributed by atoms with E-state index in [1.165, 1.54) is 31.2 Å². The van der Waals surface area contributed by atoms with Gasteiger partial charge in [0.15, 0.2) is 0 Å². The van der Waals surface area contributed by atoms with E-state index in [1.807, 2.05) is 0 Å². The summed E-state index contributed by atoms with van der Waals surface area (Å²) in [5, 5.41) is 11.5. The van der Waals surface area contributed by atoms with E-state index in [9.17, 15) is 22.7 Å². The molecule has 0 fully saturated rings. The molecule has 0 aliphatic carbocycles. The first-order chi connectivity index (χ1) is 10.3. The molecular formula is C14H13FN2O4S. The molecule has 116 valence electrons. The highest BCUT2D eigenvalue weighted by Crippen LogP contribution is 2.23. The van der Waals surface area contributed by atoms with Crippen molar-refractivity contribution in [1.29, 1.82) is 0 Å². The molecule has 0 saturated carbocycles. The van der Waals surface area contributed by atoms with Crippen molar-refractivity contribution in [3.63, 3.8) is 0 Å². The van der Waals surface area contributed by atoms with Gasteiger partial charge in [0.25, 0.3) is 10.0 Å². The van der Waals surface area contributed by atoms with Gasteiger partial charge in [-0.1, -0.05) is 6.07 Å². The van der Waals surface area contributed by atoms with E-state index in [4.69, 9.17) is 0 Å². The summed E-state index contributed by atoms with van der Waals surface area (Å²) in [6.07, 6.45) is 0. The van der Waals surface area contributed by atoms with Crippen molar-refractivity contribution in [3.8, 4) is 5.75 Å². The second kappa shape index (κ2) is 6.02. The van der Waals surface area contributed by atoms with Gasteiger partial charge in [-0.15, -0.1) is 0 Å². The highest BCUT2D eigenvalue weighted by Gasteiger charge is 2.17. The minimum absolute atomic E-state index is 0.0989. The van der Waals surface area contributed by atoms with Gasteiger partial charge in [-0.25, -0.2) is 12.8 Å². The van der Waals surface area contributed by atoms with Crippen LogP contribution in [0.25, 0.3) is 0 Å². The van der Waals surface area contributed by atoms with Crippen molar-refractivity contribution in [2.75, 3.05) is 10.0 Å². The maximum absolute atomic E-state index is 13.5. The van der Waals surface area contributed by atoms with Gasteiger partial charge in [-0.2, -0.15) is 0 Å². The van der Waals surface area contributed by atoms with E-state index in [2.05, 4.69) is 10.0 Å². The summed E-state index contributed by atoms with van der Waals surface area (Å²) in [7, 11) is -3.98. The molecule has 0 heterocycles. The fraction of sp³-hybridized carbons (Fsp3) is 0.0714. The van der Waals surface area contributed by atoms with E-state index in [0.29, 0.717) is 0 Å². The van der Waals surface area contributed by atoms with Crippen LogP contribution in [-0.4, -0.2) is 19.4 Å². The minimum atomic E-state index is -3.98. The number of carbonyl (C=O) groups excluding carboxylic acids is 1. The third-order valence-corrected chi connectivity index (χ3v) is 4.04. The summed E-state index contributed by atoms with van der Waals surface area (Å²) < 4.78 is 40.3. The predicted octanol–water partition coefficient (Wildman–Crippen LogP) is 2.29. The average Bonchev–Trinajstić information content (AvgIpc) is 2.40. The van der Waals surface area contributed by atoms with Crippen molar-refractivity contribution >= 4 is 27.3 Å². The van der Waals surface area contributed by atoms with Gasteiger partial charge in [0, 0.05) is 13.0 Å². The zero-order valence-corrected chi connectivity index (χ0v) is 12.3. The highest BCUT2D eigenvalue weighted by molar-refractivity contribution is 7.92. The van der Waals surface area contributed by atoms with Crippen molar-refractivity contribution in [1.82, 2.24) is 0 Å². The SMILES string of the molecule is CC(=O)Nc1cc(S(=O)(=O)Nc2cccc(O)c2)ccc1F. The summed E-state index contributed by atoms with van der Waals surface area (Å²) in [4.78, 5) is 10.8. The fourth-order valence-corrected chi connectivity index (χ4v) is 2.82. The predicted molar refractivity (Wildman–Crippen MR) is 79.6 cm³/mol. The largest absolute Gasteiger partial charge is 0.508 e. The zero-order chi connectivity index (χ0) is 16.3. The number of hydrogen-bond acceptors (Lipinski definition) is 4. The summed E-state index contributed by atoms with van der Waals surface area (Å²) in [5.41, 5.74) is -0.0725. The number of sulfonamides is 1. The van der Waals surface area contributed by atoms with Crippen molar-refractivity contribution in [3.05, 3.63) is 48.3 Å². The maximum atomic E-state index is 13.5. The molecule has 22 heavy (non-hydrogen) atoms. The third kappa shape index (κ3) is 3.73. The van der Waals surface area contributed by atoms with E-state index in [-0.39, 0.29) is 22.0 Å². The molecule has 0 aliphatic rings. The minimum Gasteiger partial charge on any atom is -0.508 e. The smallest absolute Gasteiger partial charge is 0.261 e. The Hall–Kier alpha value is -2.61. The second-order valence-corrected chi connectivity index (χ2v) is 6.16. The lowest BCUT2D eigenvalue weighted by Gasteiger charge is -2.10. The Labute approximate surface area is 126 Å². The Bertz CT molecular complexity index is 821. The van der Waals surface area contributed by atoms with Crippen molar-refractivity contribution < 1.29 is 22.7 Å². The van der Waals surface area contributed by atoms with Crippen LogP contribution in [0.5, 0.6) is 5.75 Å². The number of rotatable bonds is 4. The van der Waals surface area contributed by atoms with Gasteiger partial charge < -0.3 is 10.4 Å². The Morgan fingerprint density at radius 1 is 1.18 bits per heavy atom. The molecule has 1 amide bonds. The molecule has 2 aromatic rings. The number of amides is 1. The van der Waals surface area contributed by atoms with Crippen LogP contribution in [0.3, 0.4) is 0 Å². The lowest BCUT2D eigenvalue weighted by Crippen LogP contribution is -2.14. The Morgan fingerprint density at radius 3 is 2.55 bits per heavy atom. The zero-order valence-electron chi connectivity index (χ0n) is 11.5. The lowest BCUT2D eigenvalue weighted by atomic mass is 10.3. The van der Waals surface area contributed by atoms with Crippen LogP contribution in [0.15, 0.2) is 47.4 Å². The number of phenols is 1.